The van der Waals surface area contributed by atoms with Gasteiger partial charge in [-0.05, 0) is 35.0 Å². The van der Waals surface area contributed by atoms with Gasteiger partial charge in [-0.15, -0.1) is 0 Å². The summed E-state index contributed by atoms with van der Waals surface area (Å²) in [6.45, 7) is 2.32. The van der Waals surface area contributed by atoms with Crippen molar-refractivity contribution in [2.24, 2.45) is 0 Å². The number of esters is 1. The van der Waals surface area contributed by atoms with Gasteiger partial charge < -0.3 is 19.9 Å². The summed E-state index contributed by atoms with van der Waals surface area (Å²) < 4.78 is 10.8. The van der Waals surface area contributed by atoms with Crippen molar-refractivity contribution in [2.45, 2.75) is 19.4 Å². The lowest BCUT2D eigenvalue weighted by Crippen LogP contribution is -2.23. The summed E-state index contributed by atoms with van der Waals surface area (Å²) in [6.07, 6.45) is -0.803. The Bertz CT molecular complexity index is 425. The van der Waals surface area contributed by atoms with Gasteiger partial charge in [0.1, 0.15) is 5.75 Å². The van der Waals surface area contributed by atoms with Crippen LogP contribution < -0.4 is 10.1 Å². The maximum Gasteiger partial charge on any atom is 0.308 e. The highest BCUT2D eigenvalue weighted by Gasteiger charge is 2.11. The fourth-order valence-electron chi connectivity index (χ4n) is 1.49. The molecule has 0 saturated heterocycles. The number of rotatable bonds is 7. The quantitative estimate of drug-likeness (QED) is 0.749. The summed E-state index contributed by atoms with van der Waals surface area (Å²) in [5.74, 6) is 0.301. The van der Waals surface area contributed by atoms with Crippen molar-refractivity contribution in [1.82, 2.24) is 0 Å². The number of nitrogens with one attached hydrogen (secondary N) is 1. The molecule has 2 N–H and O–H groups in total. The van der Waals surface area contributed by atoms with Crippen molar-refractivity contribution in [3.8, 4) is 5.75 Å². The maximum atomic E-state index is 11.2. The molecule has 1 unspecified atom stereocenters. The van der Waals surface area contributed by atoms with Crippen LogP contribution in [0.1, 0.15) is 13.3 Å². The van der Waals surface area contributed by atoms with E-state index >= 15 is 0 Å². The lowest BCUT2D eigenvalue weighted by molar-refractivity contribution is -0.145. The smallest absolute Gasteiger partial charge is 0.308 e. The van der Waals surface area contributed by atoms with E-state index in [0.29, 0.717) is 12.4 Å². The van der Waals surface area contributed by atoms with Crippen LogP contribution in [0.15, 0.2) is 22.7 Å². The van der Waals surface area contributed by atoms with Crippen LogP contribution in [0, 0.1) is 0 Å². The van der Waals surface area contributed by atoms with E-state index in [2.05, 4.69) is 21.2 Å². The number of aliphatic hydroxyl groups is 1. The van der Waals surface area contributed by atoms with E-state index in [1.165, 1.54) is 0 Å². The summed E-state index contributed by atoms with van der Waals surface area (Å²) in [4.78, 5) is 11.2. The molecule has 0 aliphatic carbocycles. The topological polar surface area (TPSA) is 67.8 Å². The number of ether oxygens (including phenoxy) is 2. The molecule has 0 bridgehead atoms. The number of carbonyl (C=O) groups is 1. The average Bonchev–Trinajstić information content (AvgIpc) is 2.38. The van der Waals surface area contributed by atoms with E-state index in [1.54, 1.807) is 20.1 Å². The minimum atomic E-state index is -0.784. The molecule has 0 fully saturated rings. The zero-order valence-corrected chi connectivity index (χ0v) is 12.6. The molecular formula is C13H18BrNO4. The highest BCUT2D eigenvalue weighted by atomic mass is 79.9. The van der Waals surface area contributed by atoms with Crippen molar-refractivity contribution in [1.29, 1.82) is 0 Å². The predicted molar refractivity (Wildman–Crippen MR) is 76.4 cm³/mol. The highest BCUT2D eigenvalue weighted by molar-refractivity contribution is 9.10. The minimum absolute atomic E-state index is 0.0193. The van der Waals surface area contributed by atoms with Crippen molar-refractivity contribution in [2.75, 3.05) is 25.6 Å². The largest absolute Gasteiger partial charge is 0.495 e. The van der Waals surface area contributed by atoms with Gasteiger partial charge in [-0.3, -0.25) is 4.79 Å². The third-order valence-corrected chi connectivity index (χ3v) is 3.06. The Morgan fingerprint density at radius 2 is 2.26 bits per heavy atom. The molecule has 0 aliphatic heterocycles. The van der Waals surface area contributed by atoms with Gasteiger partial charge in [-0.2, -0.15) is 0 Å². The Kier molecular flexibility index (Phi) is 6.66. The van der Waals surface area contributed by atoms with E-state index in [4.69, 9.17) is 9.47 Å². The van der Waals surface area contributed by atoms with Crippen LogP contribution in [0.2, 0.25) is 0 Å². The number of hydrogen-bond acceptors (Lipinski definition) is 5. The Hall–Kier alpha value is -1.27. The van der Waals surface area contributed by atoms with Gasteiger partial charge in [0.05, 0.1) is 30.7 Å². The third kappa shape index (κ3) is 5.48. The predicted octanol–water partition coefficient (Wildman–Crippen LogP) is 2.18. The van der Waals surface area contributed by atoms with E-state index in [9.17, 15) is 9.90 Å². The van der Waals surface area contributed by atoms with Crippen LogP contribution in [0.4, 0.5) is 5.69 Å². The molecule has 0 heterocycles. The first-order valence-corrected chi connectivity index (χ1v) is 6.77. The summed E-state index contributed by atoms with van der Waals surface area (Å²) >= 11 is 3.36. The van der Waals surface area contributed by atoms with Crippen molar-refractivity contribution in [3.05, 3.63) is 22.7 Å². The third-order valence-electron chi connectivity index (χ3n) is 2.40. The standard InChI is InChI=1S/C13H18BrNO4/c1-3-19-13(17)7-10(16)8-15-9-4-5-11(14)12(6-9)18-2/h4-6,10,15-16H,3,7-8H2,1-2H3. The zero-order valence-electron chi connectivity index (χ0n) is 11.0. The molecule has 1 aromatic rings. The van der Waals surface area contributed by atoms with Crippen LogP contribution in [-0.2, 0) is 9.53 Å². The zero-order chi connectivity index (χ0) is 14.3. The number of carbonyl (C=O) groups excluding carboxylic acids is 1. The SMILES string of the molecule is CCOC(=O)CC(O)CNc1ccc(Br)c(OC)c1. The highest BCUT2D eigenvalue weighted by Crippen LogP contribution is 2.27. The van der Waals surface area contributed by atoms with Crippen LogP contribution in [0.5, 0.6) is 5.75 Å². The second-order valence-electron chi connectivity index (χ2n) is 3.89. The maximum absolute atomic E-state index is 11.2. The lowest BCUT2D eigenvalue weighted by Gasteiger charge is -2.13. The average molecular weight is 332 g/mol. The van der Waals surface area contributed by atoms with Crippen LogP contribution in [0.3, 0.4) is 0 Å². The molecule has 0 aliphatic rings. The normalized spacial score (nSPS) is 11.8. The Morgan fingerprint density at radius 1 is 1.53 bits per heavy atom. The van der Waals surface area contributed by atoms with Crippen LogP contribution in [-0.4, -0.2) is 37.4 Å². The number of benzene rings is 1. The summed E-state index contributed by atoms with van der Waals surface area (Å²) in [6, 6.07) is 5.50. The molecule has 106 valence electrons. The van der Waals surface area contributed by atoms with Gasteiger partial charge in [0.25, 0.3) is 0 Å². The first-order valence-electron chi connectivity index (χ1n) is 5.98. The molecule has 0 saturated carbocycles. The van der Waals surface area contributed by atoms with E-state index in [1.807, 2.05) is 12.1 Å². The number of halogens is 1. The fraction of sp³-hybridized carbons (Fsp3) is 0.462. The van der Waals surface area contributed by atoms with E-state index < -0.39 is 12.1 Å². The number of anilines is 1. The molecule has 1 aromatic carbocycles. The molecule has 6 heteroatoms. The summed E-state index contributed by atoms with van der Waals surface area (Å²) in [5.41, 5.74) is 0.808. The molecule has 1 rings (SSSR count). The van der Waals surface area contributed by atoms with Crippen molar-refractivity contribution >= 4 is 27.6 Å². The molecule has 0 aromatic heterocycles. The monoisotopic (exact) mass is 331 g/mol. The van der Waals surface area contributed by atoms with Crippen molar-refractivity contribution < 1.29 is 19.4 Å². The number of hydrogen-bond donors (Lipinski definition) is 2. The Labute approximate surface area is 121 Å². The van der Waals surface area contributed by atoms with Crippen LogP contribution in [0.25, 0.3) is 0 Å². The lowest BCUT2D eigenvalue weighted by atomic mass is 10.2. The summed E-state index contributed by atoms with van der Waals surface area (Å²) in [5, 5.41) is 12.7. The molecule has 5 nitrogen and oxygen atoms in total. The van der Waals surface area contributed by atoms with Gasteiger partial charge in [0.2, 0.25) is 0 Å². The van der Waals surface area contributed by atoms with Gasteiger partial charge in [-0.1, -0.05) is 0 Å². The minimum Gasteiger partial charge on any atom is -0.495 e. The van der Waals surface area contributed by atoms with Gasteiger partial charge in [0.15, 0.2) is 0 Å². The molecule has 1 atom stereocenters. The first kappa shape index (κ1) is 15.8. The molecule has 19 heavy (non-hydrogen) atoms. The Balaban J connectivity index is 2.45. The molecule has 0 spiro atoms. The second kappa shape index (κ2) is 8.01. The first-order chi connectivity index (χ1) is 9.06. The molecular weight excluding hydrogens is 314 g/mol. The Morgan fingerprint density at radius 3 is 2.89 bits per heavy atom. The van der Waals surface area contributed by atoms with Gasteiger partial charge in [0, 0.05) is 18.3 Å². The fourth-order valence-corrected chi connectivity index (χ4v) is 1.90. The van der Waals surface area contributed by atoms with E-state index in [0.717, 1.165) is 10.2 Å². The second-order valence-corrected chi connectivity index (χ2v) is 4.75. The van der Waals surface area contributed by atoms with Crippen molar-refractivity contribution in [3.63, 3.8) is 0 Å². The number of methoxy groups -OCH3 is 1. The van der Waals surface area contributed by atoms with Crippen LogP contribution >= 0.6 is 15.9 Å². The van der Waals surface area contributed by atoms with Gasteiger partial charge in [-0.25, -0.2) is 0 Å². The molecule has 0 radical (unpaired) electrons. The van der Waals surface area contributed by atoms with E-state index in [-0.39, 0.29) is 13.0 Å². The molecule has 0 amide bonds. The summed E-state index contributed by atoms with van der Waals surface area (Å²) in [7, 11) is 1.58. The van der Waals surface area contributed by atoms with Gasteiger partial charge >= 0.3 is 5.97 Å². The number of aliphatic hydroxyl groups excluding tert-OH is 1.